The summed E-state index contributed by atoms with van der Waals surface area (Å²) < 4.78 is 7.35. The lowest BCUT2D eigenvalue weighted by Crippen LogP contribution is -2.55. The Bertz CT molecular complexity index is 1600. The van der Waals surface area contributed by atoms with Gasteiger partial charge in [-0.2, -0.15) is 4.68 Å². The first-order chi connectivity index (χ1) is 21.3. The third kappa shape index (κ3) is 6.99. The molecule has 2 aromatic carbocycles. The van der Waals surface area contributed by atoms with Crippen molar-refractivity contribution in [3.05, 3.63) is 47.7 Å². The minimum atomic E-state index is -0.830. The van der Waals surface area contributed by atoms with Gasteiger partial charge in [0.05, 0.1) is 29.3 Å². The lowest BCUT2D eigenvalue weighted by Gasteiger charge is -2.38. The van der Waals surface area contributed by atoms with Crippen LogP contribution in [0, 0.1) is 5.41 Å². The first kappa shape index (κ1) is 32.0. The summed E-state index contributed by atoms with van der Waals surface area (Å²) in [7, 11) is 0. The van der Waals surface area contributed by atoms with Crippen LogP contribution in [0.1, 0.15) is 47.5 Å². The SMILES string of the molecule is CC(C)N1CCN(c2cccc(N3CCN(c4cc(Cl)ccc4-n4cnnn4)C(=O)C3=O)c2OC(=O)CCC(C)(C)C)C(=O)C1. The number of benzene rings is 2. The Labute approximate surface area is 266 Å². The summed E-state index contributed by atoms with van der Waals surface area (Å²) in [6.45, 7) is 11.5. The van der Waals surface area contributed by atoms with Crippen molar-refractivity contribution in [3.63, 3.8) is 0 Å². The van der Waals surface area contributed by atoms with Gasteiger partial charge in [0.25, 0.3) is 0 Å². The molecule has 0 saturated carbocycles. The zero-order valence-corrected chi connectivity index (χ0v) is 26.8. The quantitative estimate of drug-likeness (QED) is 0.207. The van der Waals surface area contributed by atoms with Gasteiger partial charge in [-0.25, -0.2) is 0 Å². The molecule has 0 spiro atoms. The summed E-state index contributed by atoms with van der Waals surface area (Å²) in [6, 6.07) is 10.1. The number of tetrazole rings is 1. The minimum absolute atomic E-state index is 0.0782. The number of carbonyl (C=O) groups excluding carboxylic acids is 4. The van der Waals surface area contributed by atoms with E-state index in [-0.39, 0.29) is 54.9 Å². The lowest BCUT2D eigenvalue weighted by atomic mass is 9.91. The molecule has 5 rings (SSSR count). The van der Waals surface area contributed by atoms with Gasteiger partial charge >= 0.3 is 17.8 Å². The van der Waals surface area contributed by atoms with E-state index in [2.05, 4.69) is 20.4 Å². The number of esters is 1. The minimum Gasteiger partial charge on any atom is -0.422 e. The molecule has 45 heavy (non-hydrogen) atoms. The van der Waals surface area contributed by atoms with E-state index >= 15 is 0 Å². The highest BCUT2D eigenvalue weighted by Crippen LogP contribution is 2.41. The van der Waals surface area contributed by atoms with Gasteiger partial charge in [0.15, 0.2) is 5.75 Å². The van der Waals surface area contributed by atoms with Crippen LogP contribution in [0.2, 0.25) is 5.02 Å². The number of nitrogens with zero attached hydrogens (tertiary/aromatic N) is 8. The molecule has 2 saturated heterocycles. The second-order valence-corrected chi connectivity index (χ2v) is 13.0. The molecule has 0 radical (unpaired) electrons. The second kappa shape index (κ2) is 12.9. The van der Waals surface area contributed by atoms with Crippen molar-refractivity contribution in [2.24, 2.45) is 5.41 Å². The number of anilines is 3. The maximum absolute atomic E-state index is 13.8. The molecule has 0 N–H and O–H groups in total. The molecule has 0 aliphatic carbocycles. The third-order valence-corrected chi connectivity index (χ3v) is 8.11. The molecule has 0 unspecified atom stereocenters. The molecule has 2 aliphatic rings. The Morgan fingerprint density at radius 1 is 0.911 bits per heavy atom. The van der Waals surface area contributed by atoms with Gasteiger partial charge in [-0.15, -0.1) is 5.10 Å². The molecular weight excluding hydrogens is 600 g/mol. The van der Waals surface area contributed by atoms with Crippen LogP contribution in [0.25, 0.3) is 5.69 Å². The first-order valence-electron chi connectivity index (χ1n) is 14.9. The summed E-state index contributed by atoms with van der Waals surface area (Å²) in [5, 5.41) is 11.6. The fourth-order valence-electron chi connectivity index (χ4n) is 5.34. The van der Waals surface area contributed by atoms with Crippen LogP contribution >= 0.6 is 11.6 Å². The number of para-hydroxylation sites is 1. The van der Waals surface area contributed by atoms with E-state index in [4.69, 9.17) is 16.3 Å². The maximum Gasteiger partial charge on any atom is 0.317 e. The van der Waals surface area contributed by atoms with Crippen LogP contribution in [-0.4, -0.2) is 87.6 Å². The van der Waals surface area contributed by atoms with Crippen molar-refractivity contribution in [2.45, 2.75) is 53.5 Å². The zero-order valence-electron chi connectivity index (χ0n) is 26.1. The molecule has 238 valence electrons. The summed E-state index contributed by atoms with van der Waals surface area (Å²) in [5.41, 5.74) is 1.34. The number of ether oxygens (including phenoxy) is 1. The summed E-state index contributed by atoms with van der Waals surface area (Å²) >= 11 is 6.28. The van der Waals surface area contributed by atoms with Crippen LogP contribution in [0.4, 0.5) is 17.1 Å². The predicted octanol–water partition coefficient (Wildman–Crippen LogP) is 3.48. The summed E-state index contributed by atoms with van der Waals surface area (Å²) in [5.74, 6) is -2.20. The van der Waals surface area contributed by atoms with Crippen LogP contribution in [-0.2, 0) is 19.2 Å². The number of piperazine rings is 2. The molecule has 14 heteroatoms. The zero-order chi connectivity index (χ0) is 32.5. The van der Waals surface area contributed by atoms with Crippen LogP contribution in [0.5, 0.6) is 5.75 Å². The Morgan fingerprint density at radius 2 is 1.56 bits per heavy atom. The third-order valence-electron chi connectivity index (χ3n) is 7.88. The normalized spacial score (nSPS) is 16.6. The second-order valence-electron chi connectivity index (χ2n) is 12.6. The fourth-order valence-corrected chi connectivity index (χ4v) is 5.51. The number of carbonyl (C=O) groups is 4. The molecule has 0 atom stereocenters. The van der Waals surface area contributed by atoms with Gasteiger partial charge in [-0.1, -0.05) is 38.4 Å². The highest BCUT2D eigenvalue weighted by atomic mass is 35.5. The van der Waals surface area contributed by atoms with Crippen molar-refractivity contribution >= 4 is 52.4 Å². The molecule has 3 heterocycles. The van der Waals surface area contributed by atoms with Crippen molar-refractivity contribution < 1.29 is 23.9 Å². The number of amides is 3. The monoisotopic (exact) mass is 636 g/mol. The summed E-state index contributed by atoms with van der Waals surface area (Å²) in [4.78, 5) is 60.3. The van der Waals surface area contributed by atoms with Gasteiger partial charge in [0.1, 0.15) is 6.33 Å². The number of hydrogen-bond donors (Lipinski definition) is 0. The Hall–Kier alpha value is -4.36. The molecule has 3 aromatic rings. The van der Waals surface area contributed by atoms with E-state index in [1.54, 1.807) is 41.3 Å². The van der Waals surface area contributed by atoms with E-state index in [0.29, 0.717) is 41.6 Å². The van der Waals surface area contributed by atoms with Gasteiger partial charge in [0.2, 0.25) is 5.91 Å². The fraction of sp³-hybridized carbons (Fsp3) is 0.452. The van der Waals surface area contributed by atoms with E-state index in [9.17, 15) is 19.2 Å². The number of rotatable bonds is 8. The number of aromatic nitrogens is 4. The number of halogens is 1. The summed E-state index contributed by atoms with van der Waals surface area (Å²) in [6.07, 6.45) is 2.10. The molecule has 0 bridgehead atoms. The first-order valence-corrected chi connectivity index (χ1v) is 15.3. The van der Waals surface area contributed by atoms with Gasteiger partial charge in [-0.3, -0.25) is 29.0 Å². The molecule has 13 nitrogen and oxygen atoms in total. The van der Waals surface area contributed by atoms with Crippen molar-refractivity contribution in [1.29, 1.82) is 0 Å². The Kier molecular flexibility index (Phi) is 9.21. The lowest BCUT2D eigenvalue weighted by molar-refractivity contribution is -0.137. The van der Waals surface area contributed by atoms with Gasteiger partial charge < -0.3 is 14.5 Å². The predicted molar refractivity (Wildman–Crippen MR) is 169 cm³/mol. The van der Waals surface area contributed by atoms with E-state index in [1.807, 2.05) is 34.6 Å². The largest absolute Gasteiger partial charge is 0.422 e. The Morgan fingerprint density at radius 3 is 2.16 bits per heavy atom. The molecule has 3 amide bonds. The average molecular weight is 637 g/mol. The van der Waals surface area contributed by atoms with E-state index in [0.717, 1.165) is 0 Å². The van der Waals surface area contributed by atoms with Crippen LogP contribution in [0.3, 0.4) is 0 Å². The van der Waals surface area contributed by atoms with Crippen molar-refractivity contribution in [3.8, 4) is 11.4 Å². The molecule has 2 fully saturated rings. The van der Waals surface area contributed by atoms with Crippen LogP contribution in [0.15, 0.2) is 42.7 Å². The smallest absolute Gasteiger partial charge is 0.317 e. The van der Waals surface area contributed by atoms with E-state index < -0.39 is 17.8 Å². The standard InChI is InChI=1S/C31H37ClN8O5/c1-20(2)36-13-14-37(26(41)18-36)23-7-6-8-24(28(23)45-27(42)11-12-31(3,4)5)38-15-16-39(30(44)29(38)43)25-17-21(32)9-10-22(25)40-19-33-34-35-40/h6-10,17,19-20H,11-16,18H2,1-5H3. The topological polar surface area (TPSA) is 134 Å². The molecule has 1 aromatic heterocycles. The average Bonchev–Trinajstić information content (AvgIpc) is 3.52. The van der Waals surface area contributed by atoms with Gasteiger partial charge in [-0.05, 0) is 66.4 Å². The van der Waals surface area contributed by atoms with Crippen LogP contribution < -0.4 is 19.4 Å². The molecular formula is C31H37ClN8O5. The van der Waals surface area contributed by atoms with E-state index in [1.165, 1.54) is 20.8 Å². The van der Waals surface area contributed by atoms with Crippen molar-refractivity contribution in [2.75, 3.05) is 47.4 Å². The maximum atomic E-state index is 13.8. The Balaban J connectivity index is 1.48. The highest BCUT2D eigenvalue weighted by molar-refractivity contribution is 6.46. The highest BCUT2D eigenvalue weighted by Gasteiger charge is 2.38. The van der Waals surface area contributed by atoms with Crippen molar-refractivity contribution in [1.82, 2.24) is 25.1 Å². The molecule has 2 aliphatic heterocycles. The van der Waals surface area contributed by atoms with Gasteiger partial charge in [0, 0.05) is 43.7 Å². The number of hydrogen-bond acceptors (Lipinski definition) is 9.